The van der Waals surface area contributed by atoms with E-state index in [0.29, 0.717) is 11.4 Å². The van der Waals surface area contributed by atoms with Crippen LogP contribution in [-0.4, -0.2) is 22.6 Å². The van der Waals surface area contributed by atoms with E-state index in [4.69, 9.17) is 10.8 Å². The molecule has 0 spiro atoms. The maximum Gasteiger partial charge on any atom is 0.138 e. The normalized spacial score (nSPS) is 10.2. The Hall–Kier alpha value is -0.870. The zero-order valence-electron chi connectivity index (χ0n) is 7.23. The summed E-state index contributed by atoms with van der Waals surface area (Å²) in [6.07, 6.45) is 0. The van der Waals surface area contributed by atoms with Crippen LogP contribution in [0.4, 0.5) is 5.69 Å². The van der Waals surface area contributed by atoms with E-state index in [1.807, 2.05) is 6.07 Å². The van der Waals surface area contributed by atoms with Crippen molar-refractivity contribution in [2.24, 2.45) is 0 Å². The van der Waals surface area contributed by atoms with Gasteiger partial charge in [-0.3, -0.25) is 0 Å². The van der Waals surface area contributed by atoms with Crippen LogP contribution in [0.1, 0.15) is 5.56 Å². The number of thioether (sulfide) groups is 1. The van der Waals surface area contributed by atoms with Crippen molar-refractivity contribution in [3.63, 3.8) is 0 Å². The highest BCUT2D eigenvalue weighted by Crippen LogP contribution is 2.23. The molecule has 0 radical (unpaired) electrons. The van der Waals surface area contributed by atoms with E-state index < -0.39 is 0 Å². The number of nitrogen functional groups attached to an aromatic ring is 1. The van der Waals surface area contributed by atoms with Crippen LogP contribution in [0.2, 0.25) is 0 Å². The number of phenolic OH excluding ortho intramolecular Hbond substituents is 1. The minimum absolute atomic E-state index is 0.127. The third-order valence-electron chi connectivity index (χ3n) is 1.60. The van der Waals surface area contributed by atoms with Gasteiger partial charge in [0.05, 0.1) is 12.3 Å². The Morgan fingerprint density at radius 3 is 2.77 bits per heavy atom. The van der Waals surface area contributed by atoms with Crippen LogP contribution < -0.4 is 5.73 Å². The molecule has 0 aromatic heterocycles. The lowest BCUT2D eigenvalue weighted by molar-refractivity contribution is 0.322. The van der Waals surface area contributed by atoms with Crippen LogP contribution in [-0.2, 0) is 5.75 Å². The average molecular weight is 199 g/mol. The van der Waals surface area contributed by atoms with E-state index in [1.165, 1.54) is 0 Å². The quantitative estimate of drug-likeness (QED) is 0.387. The van der Waals surface area contributed by atoms with E-state index in [2.05, 4.69) is 0 Å². The molecule has 0 saturated heterocycles. The number of aromatic hydroxyl groups is 1. The molecule has 1 rings (SSSR count). The molecule has 0 atom stereocenters. The molecule has 0 aliphatic carbocycles. The summed E-state index contributed by atoms with van der Waals surface area (Å²) >= 11 is 1.62. The van der Waals surface area contributed by atoms with Crippen molar-refractivity contribution >= 4 is 17.4 Å². The largest absolute Gasteiger partial charge is 0.506 e. The highest BCUT2D eigenvalue weighted by Gasteiger charge is 1.98. The fraction of sp³-hybridized carbons (Fsp3) is 0.333. The molecule has 4 heteroatoms. The van der Waals surface area contributed by atoms with Crippen LogP contribution in [0.15, 0.2) is 18.2 Å². The Bertz CT molecular complexity index is 278. The van der Waals surface area contributed by atoms with Crippen molar-refractivity contribution < 1.29 is 10.2 Å². The molecule has 0 unspecified atom stereocenters. The average Bonchev–Trinajstić information content (AvgIpc) is 2.12. The first-order chi connectivity index (χ1) is 6.24. The van der Waals surface area contributed by atoms with E-state index in [-0.39, 0.29) is 12.4 Å². The third kappa shape index (κ3) is 3.16. The summed E-state index contributed by atoms with van der Waals surface area (Å²) < 4.78 is 0. The number of phenols is 1. The van der Waals surface area contributed by atoms with Gasteiger partial charge in [0.2, 0.25) is 0 Å². The first kappa shape index (κ1) is 10.2. The van der Waals surface area contributed by atoms with E-state index in [0.717, 1.165) is 11.3 Å². The first-order valence-electron chi connectivity index (χ1n) is 4.00. The minimum atomic E-state index is 0.127. The number of hydrogen-bond donors (Lipinski definition) is 3. The molecular weight excluding hydrogens is 186 g/mol. The third-order valence-corrected chi connectivity index (χ3v) is 2.61. The fourth-order valence-corrected chi connectivity index (χ4v) is 1.62. The number of anilines is 1. The Balaban J connectivity index is 2.53. The van der Waals surface area contributed by atoms with Crippen LogP contribution in [0.5, 0.6) is 5.75 Å². The van der Waals surface area contributed by atoms with Crippen molar-refractivity contribution in [1.29, 1.82) is 0 Å². The SMILES string of the molecule is Nc1ccc(CSCCO)cc1O. The van der Waals surface area contributed by atoms with Crippen molar-refractivity contribution in [3.05, 3.63) is 23.8 Å². The summed E-state index contributed by atoms with van der Waals surface area (Å²) in [5, 5.41) is 17.8. The van der Waals surface area contributed by atoms with E-state index >= 15 is 0 Å². The smallest absolute Gasteiger partial charge is 0.138 e. The number of aliphatic hydroxyl groups is 1. The van der Waals surface area contributed by atoms with Gasteiger partial charge in [-0.25, -0.2) is 0 Å². The molecule has 3 nitrogen and oxygen atoms in total. The monoisotopic (exact) mass is 199 g/mol. The second-order valence-corrected chi connectivity index (χ2v) is 3.77. The molecule has 0 fully saturated rings. The van der Waals surface area contributed by atoms with Crippen molar-refractivity contribution in [1.82, 2.24) is 0 Å². The van der Waals surface area contributed by atoms with Gasteiger partial charge in [0, 0.05) is 11.5 Å². The Morgan fingerprint density at radius 2 is 2.15 bits per heavy atom. The second kappa shape index (κ2) is 4.99. The first-order valence-corrected chi connectivity index (χ1v) is 5.15. The van der Waals surface area contributed by atoms with Crippen LogP contribution in [0.3, 0.4) is 0 Å². The second-order valence-electron chi connectivity index (χ2n) is 2.67. The van der Waals surface area contributed by atoms with Crippen molar-refractivity contribution in [3.8, 4) is 5.75 Å². The van der Waals surface area contributed by atoms with Gasteiger partial charge in [0.1, 0.15) is 5.75 Å². The minimum Gasteiger partial charge on any atom is -0.506 e. The molecule has 4 N–H and O–H groups in total. The predicted molar refractivity (Wildman–Crippen MR) is 55.8 cm³/mol. The van der Waals surface area contributed by atoms with Gasteiger partial charge < -0.3 is 15.9 Å². The maximum atomic E-state index is 9.27. The molecule has 1 aromatic rings. The zero-order chi connectivity index (χ0) is 9.68. The Labute approximate surface area is 81.6 Å². The molecule has 0 amide bonds. The van der Waals surface area contributed by atoms with Crippen LogP contribution >= 0.6 is 11.8 Å². The summed E-state index contributed by atoms with van der Waals surface area (Å²) in [7, 11) is 0. The number of hydrogen-bond acceptors (Lipinski definition) is 4. The lowest BCUT2D eigenvalue weighted by Crippen LogP contribution is -1.90. The standard InChI is InChI=1S/C9H13NO2S/c10-8-2-1-7(5-9(8)12)6-13-4-3-11/h1-2,5,11-12H,3-4,6,10H2. The molecule has 72 valence electrons. The Kier molecular flexibility index (Phi) is 3.92. The Morgan fingerprint density at radius 1 is 1.38 bits per heavy atom. The van der Waals surface area contributed by atoms with Crippen LogP contribution in [0, 0.1) is 0 Å². The van der Waals surface area contributed by atoms with Gasteiger partial charge in [0.25, 0.3) is 0 Å². The molecule has 0 aliphatic rings. The number of nitrogens with two attached hydrogens (primary N) is 1. The summed E-state index contributed by atoms with van der Waals surface area (Å²) in [5.74, 6) is 1.63. The summed E-state index contributed by atoms with van der Waals surface area (Å²) in [5.41, 5.74) is 6.86. The highest BCUT2D eigenvalue weighted by molar-refractivity contribution is 7.98. The maximum absolute atomic E-state index is 9.27. The molecule has 0 heterocycles. The summed E-state index contributed by atoms with van der Waals surface area (Å²) in [6, 6.07) is 5.21. The van der Waals surface area contributed by atoms with Crippen molar-refractivity contribution in [2.45, 2.75) is 5.75 Å². The van der Waals surface area contributed by atoms with Gasteiger partial charge >= 0.3 is 0 Å². The van der Waals surface area contributed by atoms with E-state index in [1.54, 1.807) is 23.9 Å². The summed E-state index contributed by atoms with van der Waals surface area (Å²) in [4.78, 5) is 0. The fourth-order valence-electron chi connectivity index (χ4n) is 0.934. The van der Waals surface area contributed by atoms with Crippen LogP contribution in [0.25, 0.3) is 0 Å². The molecule has 1 aromatic carbocycles. The molecule has 13 heavy (non-hydrogen) atoms. The lowest BCUT2D eigenvalue weighted by Gasteiger charge is -2.03. The molecule has 0 bridgehead atoms. The topological polar surface area (TPSA) is 66.5 Å². The van der Waals surface area contributed by atoms with Gasteiger partial charge in [-0.15, -0.1) is 0 Å². The molecule has 0 aliphatic heterocycles. The predicted octanol–water partition coefficient (Wildman–Crippen LogP) is 1.20. The molecule has 0 saturated carbocycles. The van der Waals surface area contributed by atoms with Gasteiger partial charge in [-0.1, -0.05) is 6.07 Å². The number of aliphatic hydroxyl groups excluding tert-OH is 1. The molecular formula is C9H13NO2S. The number of rotatable bonds is 4. The number of benzene rings is 1. The van der Waals surface area contributed by atoms with E-state index in [9.17, 15) is 5.11 Å². The van der Waals surface area contributed by atoms with Gasteiger partial charge in [-0.05, 0) is 17.7 Å². The summed E-state index contributed by atoms with van der Waals surface area (Å²) in [6.45, 7) is 0.186. The van der Waals surface area contributed by atoms with Gasteiger partial charge in [-0.2, -0.15) is 11.8 Å². The lowest BCUT2D eigenvalue weighted by atomic mass is 10.2. The van der Waals surface area contributed by atoms with Crippen molar-refractivity contribution in [2.75, 3.05) is 18.1 Å². The highest BCUT2D eigenvalue weighted by atomic mass is 32.2. The van der Waals surface area contributed by atoms with Gasteiger partial charge in [0.15, 0.2) is 0 Å². The zero-order valence-corrected chi connectivity index (χ0v) is 8.05.